The first-order valence-electron chi connectivity index (χ1n) is 8.11. The standard InChI is InChI=1S/C10H15NO2.C6H16O3SSi/c1-7(2)9(12)8-5-3-4-6-11-10(8)13;1-7-11(8-2,9-3)6-4-5-10/h8H,1,3-6H2,2H3,(H,11,13);10H,4-6H2,1-3H3. The molecule has 1 aliphatic heterocycles. The smallest absolute Gasteiger partial charge is 0.377 e. The van der Waals surface area contributed by atoms with Crippen LogP contribution < -0.4 is 5.32 Å². The van der Waals surface area contributed by atoms with Crippen molar-refractivity contribution in [2.24, 2.45) is 5.92 Å². The van der Waals surface area contributed by atoms with Crippen molar-refractivity contribution in [3.05, 3.63) is 12.2 Å². The third-order valence-corrected chi connectivity index (χ3v) is 6.99. The summed E-state index contributed by atoms with van der Waals surface area (Å²) in [7, 11) is 2.58. The Morgan fingerprint density at radius 2 is 1.88 bits per heavy atom. The molecule has 6 nitrogen and oxygen atoms in total. The lowest BCUT2D eigenvalue weighted by atomic mass is 9.94. The lowest BCUT2D eigenvalue weighted by Crippen LogP contribution is -2.42. The second-order valence-electron chi connectivity index (χ2n) is 5.61. The largest absolute Gasteiger partial charge is 0.500 e. The number of Topliss-reactive ketones (excluding diaryl/α,β-unsaturated/α-hetero) is 1. The van der Waals surface area contributed by atoms with E-state index in [1.165, 1.54) is 0 Å². The number of carbonyl (C=O) groups excluding carboxylic acids is 2. The maximum atomic E-state index is 11.5. The first kappa shape index (κ1) is 23.3. The second-order valence-corrected chi connectivity index (χ2v) is 9.14. The molecule has 0 spiro atoms. The molecule has 1 aliphatic rings. The van der Waals surface area contributed by atoms with E-state index in [0.717, 1.165) is 31.1 Å². The molecular formula is C16H31NO5SSi. The van der Waals surface area contributed by atoms with E-state index in [4.69, 9.17) is 13.3 Å². The number of nitrogens with one attached hydrogen (secondary N) is 1. The molecule has 1 unspecified atom stereocenters. The average Bonchev–Trinajstić information content (AvgIpc) is 2.81. The summed E-state index contributed by atoms with van der Waals surface area (Å²) in [5, 5.41) is 2.73. The third kappa shape index (κ3) is 7.93. The van der Waals surface area contributed by atoms with Gasteiger partial charge in [-0.05, 0) is 37.5 Å². The van der Waals surface area contributed by atoms with Gasteiger partial charge in [-0.25, -0.2) is 0 Å². The van der Waals surface area contributed by atoms with Gasteiger partial charge in [0.1, 0.15) is 5.92 Å². The van der Waals surface area contributed by atoms with Crippen molar-refractivity contribution in [3.8, 4) is 0 Å². The van der Waals surface area contributed by atoms with Crippen LogP contribution in [0.1, 0.15) is 32.6 Å². The Hall–Kier alpha value is -0.673. The van der Waals surface area contributed by atoms with E-state index >= 15 is 0 Å². The van der Waals surface area contributed by atoms with Crippen LogP contribution in [0.15, 0.2) is 12.2 Å². The average molecular weight is 378 g/mol. The van der Waals surface area contributed by atoms with Gasteiger partial charge in [0.05, 0.1) is 0 Å². The molecule has 1 atom stereocenters. The molecule has 0 bridgehead atoms. The van der Waals surface area contributed by atoms with Gasteiger partial charge in [0, 0.05) is 33.9 Å². The van der Waals surface area contributed by atoms with Crippen molar-refractivity contribution in [1.29, 1.82) is 0 Å². The molecule has 140 valence electrons. The molecule has 1 heterocycles. The lowest BCUT2D eigenvalue weighted by molar-refractivity contribution is -0.132. The molecule has 1 rings (SSSR count). The maximum absolute atomic E-state index is 11.5. The van der Waals surface area contributed by atoms with Crippen LogP contribution in [-0.4, -0.2) is 54.1 Å². The molecule has 1 amide bonds. The highest BCUT2D eigenvalue weighted by Gasteiger charge is 2.36. The topological polar surface area (TPSA) is 73.9 Å². The normalized spacial score (nSPS) is 18.0. The van der Waals surface area contributed by atoms with Crippen LogP contribution in [0.5, 0.6) is 0 Å². The summed E-state index contributed by atoms with van der Waals surface area (Å²) in [6.07, 6.45) is 3.52. The van der Waals surface area contributed by atoms with Gasteiger partial charge in [0.15, 0.2) is 5.78 Å². The van der Waals surface area contributed by atoms with Gasteiger partial charge < -0.3 is 18.6 Å². The van der Waals surface area contributed by atoms with E-state index < -0.39 is 14.7 Å². The zero-order valence-electron chi connectivity index (χ0n) is 15.2. The first-order chi connectivity index (χ1) is 11.4. The minimum atomic E-state index is -2.29. The molecular weight excluding hydrogens is 346 g/mol. The van der Waals surface area contributed by atoms with Gasteiger partial charge in [-0.3, -0.25) is 9.59 Å². The van der Waals surface area contributed by atoms with Crippen LogP contribution >= 0.6 is 12.6 Å². The van der Waals surface area contributed by atoms with Crippen molar-refractivity contribution >= 4 is 33.1 Å². The van der Waals surface area contributed by atoms with Gasteiger partial charge in [-0.1, -0.05) is 13.0 Å². The van der Waals surface area contributed by atoms with Gasteiger partial charge in [0.25, 0.3) is 0 Å². The van der Waals surface area contributed by atoms with E-state index in [-0.39, 0.29) is 11.7 Å². The molecule has 0 saturated carbocycles. The molecule has 0 aliphatic carbocycles. The molecule has 0 aromatic heterocycles. The Labute approximate surface area is 152 Å². The Bertz CT molecular complexity index is 407. The SMILES string of the molecule is C=C(C)C(=O)C1CCCCNC1=O.CO[Si](CCCS)(OC)OC. The summed E-state index contributed by atoms with van der Waals surface area (Å²) < 4.78 is 15.6. The molecule has 8 heteroatoms. The summed E-state index contributed by atoms with van der Waals surface area (Å²) in [6.45, 7) is 5.91. The van der Waals surface area contributed by atoms with Crippen LogP contribution in [0, 0.1) is 5.92 Å². The van der Waals surface area contributed by atoms with Gasteiger partial charge in [-0.15, -0.1) is 0 Å². The van der Waals surface area contributed by atoms with Crippen molar-refractivity contribution in [1.82, 2.24) is 5.32 Å². The van der Waals surface area contributed by atoms with Gasteiger partial charge in [0.2, 0.25) is 5.91 Å². The Balaban J connectivity index is 0.000000449. The van der Waals surface area contributed by atoms with Gasteiger partial charge >= 0.3 is 8.80 Å². The number of carbonyl (C=O) groups is 2. The number of thiol groups is 1. The molecule has 1 saturated heterocycles. The van der Waals surface area contributed by atoms with E-state index in [1.807, 2.05) is 0 Å². The second kappa shape index (κ2) is 12.7. The highest BCUT2D eigenvalue weighted by atomic mass is 32.1. The van der Waals surface area contributed by atoms with E-state index in [1.54, 1.807) is 28.3 Å². The monoisotopic (exact) mass is 377 g/mol. The number of allylic oxidation sites excluding steroid dienone is 1. The van der Waals surface area contributed by atoms with Crippen LogP contribution in [-0.2, 0) is 22.9 Å². The summed E-state index contributed by atoms with van der Waals surface area (Å²) in [5.74, 6) is 0.107. The maximum Gasteiger partial charge on any atom is 0.500 e. The molecule has 1 N–H and O–H groups in total. The van der Waals surface area contributed by atoms with Crippen molar-refractivity contribution in [2.75, 3.05) is 33.6 Å². The van der Waals surface area contributed by atoms with E-state index in [9.17, 15) is 9.59 Å². The molecule has 0 aromatic rings. The van der Waals surface area contributed by atoms with Crippen molar-refractivity contribution in [3.63, 3.8) is 0 Å². The summed E-state index contributed by atoms with van der Waals surface area (Å²) in [4.78, 5) is 22.9. The fraction of sp³-hybridized carbons (Fsp3) is 0.750. The summed E-state index contributed by atoms with van der Waals surface area (Å²) >= 11 is 4.10. The van der Waals surface area contributed by atoms with Crippen LogP contribution in [0.25, 0.3) is 0 Å². The third-order valence-electron chi connectivity index (χ3n) is 3.85. The fourth-order valence-corrected chi connectivity index (χ4v) is 4.52. The fourth-order valence-electron chi connectivity index (χ4n) is 2.34. The molecule has 1 fully saturated rings. The lowest BCUT2D eigenvalue weighted by Gasteiger charge is -2.23. The number of ketones is 1. The predicted molar refractivity (Wildman–Crippen MR) is 100 cm³/mol. The van der Waals surface area contributed by atoms with Crippen molar-refractivity contribution < 1.29 is 22.9 Å². The Morgan fingerprint density at radius 3 is 2.33 bits per heavy atom. The molecule has 24 heavy (non-hydrogen) atoms. The number of rotatable bonds is 8. The Kier molecular flexibility index (Phi) is 12.3. The van der Waals surface area contributed by atoms with Crippen LogP contribution in [0.2, 0.25) is 6.04 Å². The Morgan fingerprint density at radius 1 is 1.29 bits per heavy atom. The molecule has 0 radical (unpaired) electrons. The van der Waals surface area contributed by atoms with Crippen LogP contribution in [0.4, 0.5) is 0 Å². The number of amides is 1. The number of hydrogen-bond donors (Lipinski definition) is 2. The van der Waals surface area contributed by atoms with E-state index in [0.29, 0.717) is 18.5 Å². The number of hydrogen-bond acceptors (Lipinski definition) is 6. The zero-order valence-corrected chi connectivity index (χ0v) is 17.1. The molecule has 0 aromatic carbocycles. The van der Waals surface area contributed by atoms with Crippen LogP contribution in [0.3, 0.4) is 0 Å². The highest BCUT2D eigenvalue weighted by Crippen LogP contribution is 2.16. The quantitative estimate of drug-likeness (QED) is 0.294. The van der Waals surface area contributed by atoms with E-state index in [2.05, 4.69) is 24.5 Å². The highest BCUT2D eigenvalue weighted by molar-refractivity contribution is 7.80. The zero-order chi connectivity index (χ0) is 18.6. The summed E-state index contributed by atoms with van der Waals surface area (Å²) in [5.41, 5.74) is 0.474. The first-order valence-corrected chi connectivity index (χ1v) is 10.7. The predicted octanol–water partition coefficient (Wildman–Crippen LogP) is 2.23. The minimum absolute atomic E-state index is 0.112. The summed E-state index contributed by atoms with van der Waals surface area (Å²) in [6, 6.07) is 0.833. The minimum Gasteiger partial charge on any atom is -0.377 e. The van der Waals surface area contributed by atoms with Crippen molar-refractivity contribution in [2.45, 2.75) is 38.7 Å². The van der Waals surface area contributed by atoms with Gasteiger partial charge in [-0.2, -0.15) is 12.6 Å².